The summed E-state index contributed by atoms with van der Waals surface area (Å²) in [6.45, 7) is 0. The molecule has 0 atom stereocenters. The molecule has 1 heterocycles. The van der Waals surface area contributed by atoms with Crippen molar-refractivity contribution in [1.29, 1.82) is 5.26 Å². The zero-order valence-corrected chi connectivity index (χ0v) is 8.51. The maximum Gasteiger partial charge on any atom is 0.114 e. The van der Waals surface area contributed by atoms with E-state index >= 15 is 0 Å². The highest BCUT2D eigenvalue weighted by molar-refractivity contribution is 7.98. The topological polar surface area (TPSA) is 36.7 Å². The van der Waals surface area contributed by atoms with E-state index in [1.54, 1.807) is 0 Å². The number of para-hydroxylation sites is 1. The van der Waals surface area contributed by atoms with Crippen molar-refractivity contribution in [2.45, 2.75) is 5.03 Å². The zero-order valence-electron chi connectivity index (χ0n) is 7.69. The van der Waals surface area contributed by atoms with Crippen LogP contribution >= 0.6 is 11.8 Å². The lowest BCUT2D eigenvalue weighted by atomic mass is 10.2. The molecular weight excluding hydrogens is 192 g/mol. The summed E-state index contributed by atoms with van der Waals surface area (Å²) in [4.78, 5) is 4.40. The fourth-order valence-corrected chi connectivity index (χ4v) is 1.85. The van der Waals surface area contributed by atoms with Crippen molar-refractivity contribution in [2.24, 2.45) is 0 Å². The third-order valence-corrected chi connectivity index (χ3v) is 2.70. The molecule has 0 spiro atoms. The quantitative estimate of drug-likeness (QED) is 0.664. The molecule has 14 heavy (non-hydrogen) atoms. The van der Waals surface area contributed by atoms with Crippen LogP contribution in [0.25, 0.3) is 10.9 Å². The van der Waals surface area contributed by atoms with Gasteiger partial charge in [0, 0.05) is 5.39 Å². The largest absolute Gasteiger partial charge is 0.240 e. The summed E-state index contributed by atoms with van der Waals surface area (Å²) in [5.74, 6) is 0. The normalized spacial score (nSPS) is 10.0. The predicted octanol–water partition coefficient (Wildman–Crippen LogP) is 2.83. The van der Waals surface area contributed by atoms with Crippen molar-refractivity contribution < 1.29 is 0 Å². The van der Waals surface area contributed by atoms with Crippen LogP contribution in [0.4, 0.5) is 0 Å². The van der Waals surface area contributed by atoms with Gasteiger partial charge in [0.15, 0.2) is 0 Å². The van der Waals surface area contributed by atoms with Crippen molar-refractivity contribution >= 4 is 22.7 Å². The van der Waals surface area contributed by atoms with Gasteiger partial charge < -0.3 is 0 Å². The summed E-state index contributed by atoms with van der Waals surface area (Å²) in [5.41, 5.74) is 1.59. The average Bonchev–Trinajstić information content (AvgIpc) is 2.27. The van der Waals surface area contributed by atoms with Crippen LogP contribution in [0.2, 0.25) is 0 Å². The number of thioether (sulfide) groups is 1. The van der Waals surface area contributed by atoms with Crippen molar-refractivity contribution in [3.8, 4) is 6.07 Å². The Bertz CT molecular complexity index is 514. The molecule has 68 valence electrons. The molecule has 0 N–H and O–H groups in total. The Morgan fingerprint density at radius 3 is 2.86 bits per heavy atom. The Morgan fingerprint density at radius 1 is 1.36 bits per heavy atom. The molecule has 2 aromatic rings. The lowest BCUT2D eigenvalue weighted by Gasteiger charge is -2.01. The standard InChI is InChI=1S/C11H8N2S/c1-14-11-9(7-12)6-8-4-2-3-5-10(8)13-11/h2-6H,1H3. The average molecular weight is 200 g/mol. The molecule has 0 saturated heterocycles. The lowest BCUT2D eigenvalue weighted by Crippen LogP contribution is -1.87. The van der Waals surface area contributed by atoms with E-state index in [1.807, 2.05) is 36.6 Å². The minimum Gasteiger partial charge on any atom is -0.240 e. The van der Waals surface area contributed by atoms with Gasteiger partial charge in [0.2, 0.25) is 0 Å². The number of fused-ring (bicyclic) bond motifs is 1. The van der Waals surface area contributed by atoms with Gasteiger partial charge in [0.05, 0.1) is 11.1 Å². The minimum absolute atomic E-state index is 0.649. The van der Waals surface area contributed by atoms with E-state index in [-0.39, 0.29) is 0 Å². The van der Waals surface area contributed by atoms with E-state index in [0.29, 0.717) is 5.56 Å². The van der Waals surface area contributed by atoms with Gasteiger partial charge in [-0.05, 0) is 18.4 Å². The Balaban J connectivity index is 2.77. The number of pyridine rings is 1. The summed E-state index contributed by atoms with van der Waals surface area (Å²) in [7, 11) is 0. The van der Waals surface area contributed by atoms with E-state index < -0.39 is 0 Å². The Morgan fingerprint density at radius 2 is 2.14 bits per heavy atom. The number of nitrogens with zero attached hydrogens (tertiary/aromatic N) is 2. The van der Waals surface area contributed by atoms with Crippen LogP contribution in [0.1, 0.15) is 5.56 Å². The number of aromatic nitrogens is 1. The van der Waals surface area contributed by atoms with Gasteiger partial charge in [0.25, 0.3) is 0 Å². The van der Waals surface area contributed by atoms with Crippen LogP contribution in [0.3, 0.4) is 0 Å². The van der Waals surface area contributed by atoms with Crippen LogP contribution < -0.4 is 0 Å². The number of hydrogen-bond donors (Lipinski definition) is 0. The van der Waals surface area contributed by atoms with E-state index in [9.17, 15) is 0 Å². The highest BCUT2D eigenvalue weighted by Gasteiger charge is 2.04. The van der Waals surface area contributed by atoms with Crippen molar-refractivity contribution in [1.82, 2.24) is 4.98 Å². The zero-order chi connectivity index (χ0) is 9.97. The molecule has 0 aliphatic heterocycles. The van der Waals surface area contributed by atoms with Crippen molar-refractivity contribution in [3.05, 3.63) is 35.9 Å². The smallest absolute Gasteiger partial charge is 0.114 e. The molecule has 1 aromatic carbocycles. The lowest BCUT2D eigenvalue weighted by molar-refractivity contribution is 1.17. The minimum atomic E-state index is 0.649. The van der Waals surface area contributed by atoms with Crippen molar-refractivity contribution in [3.63, 3.8) is 0 Å². The molecule has 1 aromatic heterocycles. The second-order valence-electron chi connectivity index (χ2n) is 2.85. The maximum atomic E-state index is 8.91. The highest BCUT2D eigenvalue weighted by atomic mass is 32.2. The molecule has 0 unspecified atom stereocenters. The maximum absolute atomic E-state index is 8.91. The van der Waals surface area contributed by atoms with Gasteiger partial charge in [0.1, 0.15) is 11.1 Å². The molecule has 0 aliphatic carbocycles. The Hall–Kier alpha value is -1.53. The molecule has 0 radical (unpaired) electrons. The van der Waals surface area contributed by atoms with E-state index in [2.05, 4.69) is 11.1 Å². The number of benzene rings is 1. The predicted molar refractivity (Wildman–Crippen MR) is 58.2 cm³/mol. The van der Waals surface area contributed by atoms with Gasteiger partial charge in [-0.3, -0.25) is 0 Å². The molecule has 0 aliphatic rings. The molecule has 0 bridgehead atoms. The molecular formula is C11H8N2S. The van der Waals surface area contributed by atoms with Gasteiger partial charge in [-0.1, -0.05) is 18.2 Å². The van der Waals surface area contributed by atoms with E-state index in [4.69, 9.17) is 5.26 Å². The van der Waals surface area contributed by atoms with E-state index in [1.165, 1.54) is 11.8 Å². The Labute approximate surface area is 86.6 Å². The molecule has 0 fully saturated rings. The SMILES string of the molecule is CSc1nc2ccccc2cc1C#N. The van der Waals surface area contributed by atoms with Crippen LogP contribution in [0.5, 0.6) is 0 Å². The van der Waals surface area contributed by atoms with Gasteiger partial charge in [-0.2, -0.15) is 5.26 Å². The molecule has 2 nitrogen and oxygen atoms in total. The Kier molecular flexibility index (Phi) is 2.38. The molecule has 2 rings (SSSR count). The first kappa shape index (κ1) is 9.04. The van der Waals surface area contributed by atoms with Gasteiger partial charge >= 0.3 is 0 Å². The fourth-order valence-electron chi connectivity index (χ4n) is 1.33. The summed E-state index contributed by atoms with van der Waals surface area (Å²) in [6.07, 6.45) is 1.93. The monoisotopic (exact) mass is 200 g/mol. The number of rotatable bonds is 1. The summed E-state index contributed by atoms with van der Waals surface area (Å²) in [6, 6.07) is 11.9. The first-order valence-corrected chi connectivity index (χ1v) is 5.41. The van der Waals surface area contributed by atoms with E-state index in [0.717, 1.165) is 15.9 Å². The third-order valence-electron chi connectivity index (χ3n) is 2.00. The second kappa shape index (κ2) is 3.69. The van der Waals surface area contributed by atoms with Crippen LogP contribution in [0.15, 0.2) is 35.4 Å². The summed E-state index contributed by atoms with van der Waals surface area (Å²) in [5, 5.41) is 10.7. The van der Waals surface area contributed by atoms with Crippen molar-refractivity contribution in [2.75, 3.05) is 6.26 Å². The fraction of sp³-hybridized carbons (Fsp3) is 0.0909. The molecule has 0 amide bonds. The summed E-state index contributed by atoms with van der Waals surface area (Å²) < 4.78 is 0. The first-order valence-electron chi connectivity index (χ1n) is 4.19. The van der Waals surface area contributed by atoms with Crippen LogP contribution in [0, 0.1) is 11.3 Å². The van der Waals surface area contributed by atoms with Gasteiger partial charge in [-0.15, -0.1) is 11.8 Å². The summed E-state index contributed by atoms with van der Waals surface area (Å²) >= 11 is 1.50. The highest BCUT2D eigenvalue weighted by Crippen LogP contribution is 2.22. The first-order chi connectivity index (χ1) is 6.85. The molecule has 0 saturated carbocycles. The van der Waals surface area contributed by atoms with Crippen LogP contribution in [-0.4, -0.2) is 11.2 Å². The second-order valence-corrected chi connectivity index (χ2v) is 3.64. The van der Waals surface area contributed by atoms with Crippen LogP contribution in [-0.2, 0) is 0 Å². The van der Waals surface area contributed by atoms with Gasteiger partial charge in [-0.25, -0.2) is 4.98 Å². The third kappa shape index (κ3) is 1.45. The molecule has 3 heteroatoms. The number of hydrogen-bond acceptors (Lipinski definition) is 3. The number of nitriles is 1.